The van der Waals surface area contributed by atoms with Crippen LogP contribution in [0.15, 0.2) is 51.7 Å². The fourth-order valence-electron chi connectivity index (χ4n) is 3.42. The van der Waals surface area contributed by atoms with Crippen LogP contribution in [0.3, 0.4) is 0 Å². The molecule has 4 heteroatoms. The van der Waals surface area contributed by atoms with Crippen LogP contribution in [0, 0.1) is 6.92 Å². The lowest BCUT2D eigenvalue weighted by atomic mass is 10.0. The van der Waals surface area contributed by atoms with Crippen LogP contribution in [0.4, 0.5) is 0 Å². The van der Waals surface area contributed by atoms with Crippen molar-refractivity contribution in [2.45, 2.75) is 52.9 Å². The molecule has 0 amide bonds. The lowest BCUT2D eigenvalue weighted by molar-refractivity contribution is -0.116. The van der Waals surface area contributed by atoms with E-state index in [-0.39, 0.29) is 11.3 Å². The van der Waals surface area contributed by atoms with E-state index in [0.717, 1.165) is 53.2 Å². The van der Waals surface area contributed by atoms with E-state index in [0.29, 0.717) is 12.8 Å². The molecule has 0 aliphatic carbocycles. The number of H-pyrrole nitrogens is 1. The molecular formula is C24H27NO3. The van der Waals surface area contributed by atoms with Crippen molar-refractivity contribution in [3.63, 3.8) is 0 Å². The molecule has 3 rings (SSSR count). The molecule has 0 radical (unpaired) electrons. The number of nitrogens with one attached hydrogen (secondary N) is 1. The molecule has 0 saturated heterocycles. The van der Waals surface area contributed by atoms with Crippen molar-refractivity contribution in [1.82, 2.24) is 4.98 Å². The smallest absolute Gasteiger partial charge is 0.251 e. The number of benzene rings is 1. The number of aryl methyl sites for hydroxylation is 4. The molecule has 2 heterocycles. The first-order valence-electron chi connectivity index (χ1n) is 9.85. The summed E-state index contributed by atoms with van der Waals surface area (Å²) in [4.78, 5) is 26.0. The largest absolute Gasteiger partial charge is 0.461 e. The zero-order chi connectivity index (χ0) is 20.1. The Hall–Kier alpha value is -2.88. The summed E-state index contributed by atoms with van der Waals surface area (Å²) in [6.45, 7) is 5.49. The molecule has 28 heavy (non-hydrogen) atoms. The van der Waals surface area contributed by atoms with Crippen molar-refractivity contribution in [1.29, 1.82) is 0 Å². The summed E-state index contributed by atoms with van der Waals surface area (Å²) in [7, 11) is 0. The van der Waals surface area contributed by atoms with Gasteiger partial charge in [0.15, 0.2) is 0 Å². The number of aromatic nitrogens is 1. The van der Waals surface area contributed by atoms with Crippen molar-refractivity contribution >= 4 is 5.78 Å². The van der Waals surface area contributed by atoms with Crippen molar-refractivity contribution < 1.29 is 9.21 Å². The summed E-state index contributed by atoms with van der Waals surface area (Å²) < 4.78 is 6.03. The van der Waals surface area contributed by atoms with E-state index >= 15 is 0 Å². The molecule has 1 N–H and O–H groups in total. The molecule has 0 fully saturated rings. The van der Waals surface area contributed by atoms with Gasteiger partial charge in [-0.2, -0.15) is 0 Å². The monoisotopic (exact) mass is 377 g/mol. The van der Waals surface area contributed by atoms with Gasteiger partial charge >= 0.3 is 0 Å². The van der Waals surface area contributed by atoms with E-state index in [9.17, 15) is 9.59 Å². The van der Waals surface area contributed by atoms with E-state index in [4.69, 9.17) is 4.42 Å². The van der Waals surface area contributed by atoms with Crippen LogP contribution in [-0.4, -0.2) is 10.8 Å². The number of aromatic amines is 1. The van der Waals surface area contributed by atoms with Crippen LogP contribution in [0.2, 0.25) is 0 Å². The molecule has 4 nitrogen and oxygen atoms in total. The van der Waals surface area contributed by atoms with E-state index in [1.54, 1.807) is 6.92 Å². The van der Waals surface area contributed by atoms with Gasteiger partial charge in [0.1, 0.15) is 17.3 Å². The number of carbonyl (C=O) groups excluding carboxylic acids is 1. The van der Waals surface area contributed by atoms with Gasteiger partial charge in [-0.25, -0.2) is 0 Å². The van der Waals surface area contributed by atoms with E-state index in [1.807, 2.05) is 44.2 Å². The van der Waals surface area contributed by atoms with Crippen molar-refractivity contribution in [2.24, 2.45) is 0 Å². The Balaban J connectivity index is 1.61. The van der Waals surface area contributed by atoms with Gasteiger partial charge in [-0.3, -0.25) is 9.59 Å². The maximum Gasteiger partial charge on any atom is 0.251 e. The minimum Gasteiger partial charge on any atom is -0.461 e. The molecule has 146 valence electrons. The third-order valence-electron chi connectivity index (χ3n) is 4.99. The number of ketones is 1. The number of furan rings is 1. The highest BCUT2D eigenvalue weighted by Crippen LogP contribution is 2.25. The van der Waals surface area contributed by atoms with Crippen LogP contribution in [0.1, 0.15) is 48.4 Å². The molecule has 0 bridgehead atoms. The van der Waals surface area contributed by atoms with Crippen molar-refractivity contribution in [3.05, 3.63) is 81.0 Å². The number of Topliss-reactive ketones (excluding diaryl/α,β-unsaturated/α-hetero) is 1. The van der Waals surface area contributed by atoms with E-state index in [1.165, 1.54) is 5.56 Å². The molecule has 1 aromatic carbocycles. The molecule has 0 spiro atoms. The van der Waals surface area contributed by atoms with Gasteiger partial charge in [0.05, 0.1) is 0 Å². The molecule has 0 unspecified atom stereocenters. The number of pyridine rings is 1. The summed E-state index contributed by atoms with van der Waals surface area (Å²) in [5.41, 5.74) is 4.85. The third kappa shape index (κ3) is 4.89. The Morgan fingerprint density at radius 3 is 2.43 bits per heavy atom. The standard InChI is InChI=1S/C24H27NO3/c1-4-20-15-22(17(3)25-24(20)27)23-13-12-21(28-23)7-5-6-18-8-10-19(11-9-18)14-16(2)26/h8-13,15H,4-7,14H2,1-3H3,(H,25,27). The van der Waals surface area contributed by atoms with Gasteiger partial charge in [-0.05, 0) is 62.4 Å². The van der Waals surface area contributed by atoms with Gasteiger partial charge in [-0.1, -0.05) is 31.2 Å². The zero-order valence-electron chi connectivity index (χ0n) is 16.8. The predicted octanol–water partition coefficient (Wildman–Crippen LogP) is 4.81. The first kappa shape index (κ1) is 19.9. The average molecular weight is 377 g/mol. The minimum absolute atomic E-state index is 0.0233. The summed E-state index contributed by atoms with van der Waals surface area (Å²) in [6.07, 6.45) is 4.01. The second-order valence-corrected chi connectivity index (χ2v) is 7.33. The number of hydrogen-bond donors (Lipinski definition) is 1. The SMILES string of the molecule is CCc1cc(-c2ccc(CCCc3ccc(CC(C)=O)cc3)o2)c(C)[nH]c1=O. The first-order chi connectivity index (χ1) is 13.5. The molecular weight excluding hydrogens is 350 g/mol. The van der Waals surface area contributed by atoms with Crippen molar-refractivity contribution in [2.75, 3.05) is 0 Å². The lowest BCUT2D eigenvalue weighted by Gasteiger charge is -2.05. The molecule has 0 atom stereocenters. The summed E-state index contributed by atoms with van der Waals surface area (Å²) in [5.74, 6) is 1.93. The summed E-state index contributed by atoms with van der Waals surface area (Å²) in [6, 6.07) is 14.2. The zero-order valence-corrected chi connectivity index (χ0v) is 16.8. The normalized spacial score (nSPS) is 11.0. The molecule has 0 saturated carbocycles. The Kier molecular flexibility index (Phi) is 6.30. The van der Waals surface area contributed by atoms with Crippen LogP contribution in [0.25, 0.3) is 11.3 Å². The highest BCUT2D eigenvalue weighted by molar-refractivity contribution is 5.78. The number of rotatable bonds is 8. The maximum atomic E-state index is 11.9. The number of hydrogen-bond acceptors (Lipinski definition) is 3. The second kappa shape index (κ2) is 8.87. The lowest BCUT2D eigenvalue weighted by Crippen LogP contribution is -2.13. The third-order valence-corrected chi connectivity index (χ3v) is 4.99. The van der Waals surface area contributed by atoms with Crippen LogP contribution in [0.5, 0.6) is 0 Å². The fraction of sp³-hybridized carbons (Fsp3) is 0.333. The quantitative estimate of drug-likeness (QED) is 0.612. The Labute approximate surface area is 165 Å². The topological polar surface area (TPSA) is 63.1 Å². The van der Waals surface area contributed by atoms with Gasteiger partial charge in [0.25, 0.3) is 5.56 Å². The minimum atomic E-state index is -0.0233. The number of carbonyl (C=O) groups is 1. The van der Waals surface area contributed by atoms with Crippen LogP contribution >= 0.6 is 0 Å². The molecule has 2 aromatic heterocycles. The Bertz CT molecular complexity index is 1010. The fourth-order valence-corrected chi connectivity index (χ4v) is 3.42. The van der Waals surface area contributed by atoms with Gasteiger partial charge < -0.3 is 9.40 Å². The highest BCUT2D eigenvalue weighted by Gasteiger charge is 2.11. The van der Waals surface area contributed by atoms with E-state index < -0.39 is 0 Å². The molecule has 3 aromatic rings. The first-order valence-corrected chi connectivity index (χ1v) is 9.85. The Morgan fingerprint density at radius 2 is 1.75 bits per heavy atom. The van der Waals surface area contributed by atoms with Gasteiger partial charge in [0.2, 0.25) is 0 Å². The highest BCUT2D eigenvalue weighted by atomic mass is 16.3. The van der Waals surface area contributed by atoms with Gasteiger partial charge in [0, 0.05) is 29.7 Å². The van der Waals surface area contributed by atoms with Crippen molar-refractivity contribution in [3.8, 4) is 11.3 Å². The maximum absolute atomic E-state index is 11.9. The predicted molar refractivity (Wildman–Crippen MR) is 112 cm³/mol. The van der Waals surface area contributed by atoms with Crippen LogP contribution < -0.4 is 5.56 Å². The van der Waals surface area contributed by atoms with Gasteiger partial charge in [-0.15, -0.1) is 0 Å². The Morgan fingerprint density at radius 1 is 1.04 bits per heavy atom. The average Bonchev–Trinajstić information content (AvgIpc) is 3.11. The molecule has 0 aliphatic heterocycles. The summed E-state index contributed by atoms with van der Waals surface area (Å²) >= 11 is 0. The molecule has 0 aliphatic rings. The van der Waals surface area contributed by atoms with Crippen LogP contribution in [-0.2, 0) is 30.5 Å². The second-order valence-electron chi connectivity index (χ2n) is 7.33. The summed E-state index contributed by atoms with van der Waals surface area (Å²) in [5, 5.41) is 0. The van der Waals surface area contributed by atoms with E-state index in [2.05, 4.69) is 17.1 Å².